The summed E-state index contributed by atoms with van der Waals surface area (Å²) in [5.74, 6) is 0.794. The topological polar surface area (TPSA) is 12.0 Å². The third-order valence-corrected chi connectivity index (χ3v) is 3.68. The minimum atomic E-state index is 0.794. The Labute approximate surface area is 85.5 Å². The average molecular weight is 187 g/mol. The van der Waals surface area contributed by atoms with Crippen molar-refractivity contribution in [3.8, 4) is 0 Å². The maximum absolute atomic E-state index is 3.46. The summed E-state index contributed by atoms with van der Waals surface area (Å²) in [5.41, 5.74) is 4.94. The van der Waals surface area contributed by atoms with Gasteiger partial charge in [0.05, 0.1) is 0 Å². The van der Waals surface area contributed by atoms with Crippen LogP contribution in [-0.2, 0) is 12.8 Å². The molecule has 0 bridgehead atoms. The van der Waals surface area contributed by atoms with Gasteiger partial charge in [-0.05, 0) is 54.8 Å². The smallest absolute Gasteiger partial charge is 0.00207 e. The molecule has 0 aromatic heterocycles. The molecule has 1 nitrogen and oxygen atoms in total. The molecule has 1 aromatic carbocycles. The van der Waals surface area contributed by atoms with Gasteiger partial charge >= 0.3 is 0 Å². The Morgan fingerprint density at radius 1 is 1.21 bits per heavy atom. The molecule has 2 aliphatic rings. The summed E-state index contributed by atoms with van der Waals surface area (Å²) in [5, 5.41) is 3.46. The summed E-state index contributed by atoms with van der Waals surface area (Å²) >= 11 is 0. The minimum absolute atomic E-state index is 0.794. The lowest BCUT2D eigenvalue weighted by atomic mass is 9.91. The third-order valence-electron chi connectivity index (χ3n) is 3.68. The normalized spacial score (nSPS) is 25.3. The van der Waals surface area contributed by atoms with Crippen LogP contribution in [0.5, 0.6) is 0 Å². The number of hydrogen-bond acceptors (Lipinski definition) is 1. The Morgan fingerprint density at radius 2 is 2.21 bits per heavy atom. The molecule has 1 atom stereocenters. The minimum Gasteiger partial charge on any atom is -0.316 e. The highest BCUT2D eigenvalue weighted by molar-refractivity contribution is 5.41. The monoisotopic (exact) mass is 187 g/mol. The van der Waals surface area contributed by atoms with Crippen LogP contribution in [0.1, 0.15) is 35.4 Å². The first kappa shape index (κ1) is 8.49. The highest BCUT2D eigenvalue weighted by Crippen LogP contribution is 2.32. The number of hydrogen-bond donors (Lipinski definition) is 1. The highest BCUT2D eigenvalue weighted by atomic mass is 14.9. The van der Waals surface area contributed by atoms with E-state index >= 15 is 0 Å². The van der Waals surface area contributed by atoms with Gasteiger partial charge in [-0.3, -0.25) is 0 Å². The fourth-order valence-corrected chi connectivity index (χ4v) is 2.95. The van der Waals surface area contributed by atoms with Crippen molar-refractivity contribution in [3.63, 3.8) is 0 Å². The summed E-state index contributed by atoms with van der Waals surface area (Å²) in [4.78, 5) is 0. The second-order valence-corrected chi connectivity index (χ2v) is 4.53. The van der Waals surface area contributed by atoms with Gasteiger partial charge in [-0.15, -0.1) is 0 Å². The van der Waals surface area contributed by atoms with Crippen LogP contribution in [0, 0.1) is 0 Å². The Kier molecular flexibility index (Phi) is 2.06. The third kappa shape index (κ3) is 1.27. The summed E-state index contributed by atoms with van der Waals surface area (Å²) in [6.45, 7) is 2.39. The van der Waals surface area contributed by atoms with Crippen molar-refractivity contribution in [2.75, 3.05) is 13.1 Å². The molecular formula is C13H17N. The number of nitrogens with one attached hydrogen (secondary N) is 1. The van der Waals surface area contributed by atoms with Gasteiger partial charge in [-0.2, -0.15) is 0 Å². The molecule has 14 heavy (non-hydrogen) atoms. The summed E-state index contributed by atoms with van der Waals surface area (Å²) in [6, 6.07) is 6.91. The number of benzene rings is 1. The van der Waals surface area contributed by atoms with E-state index in [9.17, 15) is 0 Å². The van der Waals surface area contributed by atoms with E-state index < -0.39 is 0 Å². The summed E-state index contributed by atoms with van der Waals surface area (Å²) in [7, 11) is 0. The predicted octanol–water partition coefficient (Wildman–Crippen LogP) is 2.25. The Hall–Kier alpha value is -0.820. The number of fused-ring (bicyclic) bond motifs is 1. The molecule has 3 rings (SSSR count). The summed E-state index contributed by atoms with van der Waals surface area (Å²) < 4.78 is 0. The zero-order chi connectivity index (χ0) is 9.38. The van der Waals surface area contributed by atoms with Crippen molar-refractivity contribution < 1.29 is 0 Å². The number of aryl methyl sites for hydroxylation is 1. The van der Waals surface area contributed by atoms with E-state index in [-0.39, 0.29) is 0 Å². The van der Waals surface area contributed by atoms with E-state index in [1.54, 1.807) is 16.7 Å². The SMILES string of the molecule is c1cc2c(c([C@H]3CCNC3)c1)CCC2. The zero-order valence-electron chi connectivity index (χ0n) is 8.55. The van der Waals surface area contributed by atoms with Crippen LogP contribution >= 0.6 is 0 Å². The molecule has 0 spiro atoms. The van der Waals surface area contributed by atoms with Crippen molar-refractivity contribution in [1.82, 2.24) is 5.32 Å². The lowest BCUT2D eigenvalue weighted by Crippen LogP contribution is -2.09. The molecule has 1 aromatic rings. The zero-order valence-corrected chi connectivity index (χ0v) is 8.55. The van der Waals surface area contributed by atoms with Crippen molar-refractivity contribution in [2.24, 2.45) is 0 Å². The van der Waals surface area contributed by atoms with Crippen LogP contribution in [0.15, 0.2) is 18.2 Å². The molecule has 74 valence electrons. The van der Waals surface area contributed by atoms with Gasteiger partial charge in [0.25, 0.3) is 0 Å². The quantitative estimate of drug-likeness (QED) is 0.711. The largest absolute Gasteiger partial charge is 0.316 e. The molecule has 0 amide bonds. The maximum atomic E-state index is 3.46. The Balaban J connectivity index is 2.00. The van der Waals surface area contributed by atoms with E-state index in [0.717, 1.165) is 5.92 Å². The molecule has 1 aliphatic carbocycles. The maximum Gasteiger partial charge on any atom is 0.00207 e. The van der Waals surface area contributed by atoms with Gasteiger partial charge in [0.2, 0.25) is 0 Å². The standard InChI is InChI=1S/C13H17N/c1-3-10-4-2-6-13(12(10)5-1)11-7-8-14-9-11/h2,4,6,11,14H,1,3,5,7-9H2/t11-/m0/s1. The highest BCUT2D eigenvalue weighted by Gasteiger charge is 2.22. The molecule has 0 radical (unpaired) electrons. The van der Waals surface area contributed by atoms with E-state index in [1.165, 1.54) is 38.8 Å². The molecule has 1 aliphatic heterocycles. The van der Waals surface area contributed by atoms with Crippen molar-refractivity contribution in [3.05, 3.63) is 34.9 Å². The molecule has 0 saturated carbocycles. The van der Waals surface area contributed by atoms with Gasteiger partial charge < -0.3 is 5.32 Å². The molecule has 1 fully saturated rings. The lowest BCUT2D eigenvalue weighted by molar-refractivity contribution is 0.751. The summed E-state index contributed by atoms with van der Waals surface area (Å²) in [6.07, 6.45) is 5.33. The van der Waals surface area contributed by atoms with E-state index in [2.05, 4.69) is 23.5 Å². The van der Waals surface area contributed by atoms with Crippen LogP contribution in [0.4, 0.5) is 0 Å². The van der Waals surface area contributed by atoms with Gasteiger partial charge in [-0.25, -0.2) is 0 Å². The first-order valence-electron chi connectivity index (χ1n) is 5.76. The molecular weight excluding hydrogens is 170 g/mol. The van der Waals surface area contributed by atoms with Gasteiger partial charge in [-0.1, -0.05) is 18.2 Å². The fourth-order valence-electron chi connectivity index (χ4n) is 2.95. The van der Waals surface area contributed by atoms with E-state index in [4.69, 9.17) is 0 Å². The van der Waals surface area contributed by atoms with Crippen LogP contribution in [-0.4, -0.2) is 13.1 Å². The van der Waals surface area contributed by atoms with Gasteiger partial charge in [0.15, 0.2) is 0 Å². The molecule has 0 unspecified atom stereocenters. The van der Waals surface area contributed by atoms with Crippen LogP contribution in [0.3, 0.4) is 0 Å². The number of rotatable bonds is 1. The van der Waals surface area contributed by atoms with Crippen molar-refractivity contribution >= 4 is 0 Å². The predicted molar refractivity (Wildman–Crippen MR) is 58.7 cm³/mol. The molecule has 1 saturated heterocycles. The van der Waals surface area contributed by atoms with Crippen LogP contribution < -0.4 is 5.32 Å². The van der Waals surface area contributed by atoms with Crippen molar-refractivity contribution in [2.45, 2.75) is 31.6 Å². The second kappa shape index (κ2) is 3.39. The molecule has 1 N–H and O–H groups in total. The van der Waals surface area contributed by atoms with Crippen LogP contribution in [0.25, 0.3) is 0 Å². The van der Waals surface area contributed by atoms with E-state index in [0.29, 0.717) is 0 Å². The Bertz CT molecular complexity index is 337. The van der Waals surface area contributed by atoms with Gasteiger partial charge in [0, 0.05) is 6.54 Å². The first-order chi connectivity index (χ1) is 6.95. The second-order valence-electron chi connectivity index (χ2n) is 4.53. The molecule has 1 heterocycles. The lowest BCUT2D eigenvalue weighted by Gasteiger charge is -2.13. The fraction of sp³-hybridized carbons (Fsp3) is 0.538. The van der Waals surface area contributed by atoms with Gasteiger partial charge in [0.1, 0.15) is 0 Å². The van der Waals surface area contributed by atoms with Crippen LogP contribution in [0.2, 0.25) is 0 Å². The Morgan fingerprint density at radius 3 is 3.07 bits per heavy atom. The van der Waals surface area contributed by atoms with E-state index in [1.807, 2.05) is 0 Å². The average Bonchev–Trinajstić information content (AvgIpc) is 2.88. The molecule has 1 heteroatoms. The first-order valence-corrected chi connectivity index (χ1v) is 5.76. The van der Waals surface area contributed by atoms with Crippen molar-refractivity contribution in [1.29, 1.82) is 0 Å².